The summed E-state index contributed by atoms with van der Waals surface area (Å²) in [6.07, 6.45) is 0.337. The standard InChI is InChI=1S/C16H20ClNO4S.C3H4N2O2/c17-14-3-1-2-4-15(14)23(20,21)13-6-5-12(11-13)16(19)18-7-9-22-10-8-18;4-1-2-5-3(6)7/h1-4,12-13H,5-11H2;5H,2H2,(H,6,7)/t12-,13-;/m1./s1. The smallest absolute Gasteiger partial charge is 0.405 e. The molecule has 2 atom stereocenters. The van der Waals surface area contributed by atoms with E-state index in [1.54, 1.807) is 29.2 Å². The molecule has 0 radical (unpaired) electrons. The van der Waals surface area contributed by atoms with E-state index < -0.39 is 21.2 Å². The Balaban J connectivity index is 0.000000396. The van der Waals surface area contributed by atoms with Gasteiger partial charge in [-0.15, -0.1) is 0 Å². The SMILES string of the molecule is N#CCNC(=O)O.O=C([C@@H]1CC[C@@H](S(=O)(=O)c2ccccc2Cl)C1)N1CCOCC1. The van der Waals surface area contributed by atoms with Gasteiger partial charge in [0.2, 0.25) is 5.91 Å². The van der Waals surface area contributed by atoms with Crippen molar-refractivity contribution in [2.24, 2.45) is 5.92 Å². The Morgan fingerprint density at radius 2 is 1.93 bits per heavy atom. The van der Waals surface area contributed by atoms with E-state index in [-0.39, 0.29) is 28.3 Å². The van der Waals surface area contributed by atoms with Crippen molar-refractivity contribution in [1.29, 1.82) is 5.26 Å². The van der Waals surface area contributed by atoms with Crippen LogP contribution in [0.5, 0.6) is 0 Å². The highest BCUT2D eigenvalue weighted by molar-refractivity contribution is 7.92. The molecule has 11 heteroatoms. The van der Waals surface area contributed by atoms with Crippen LogP contribution in [0.1, 0.15) is 19.3 Å². The number of nitrogens with zero attached hydrogens (tertiary/aromatic N) is 2. The number of rotatable bonds is 4. The van der Waals surface area contributed by atoms with Crippen LogP contribution >= 0.6 is 11.6 Å². The summed E-state index contributed by atoms with van der Waals surface area (Å²) in [4.78, 5) is 24.0. The summed E-state index contributed by atoms with van der Waals surface area (Å²) >= 11 is 6.04. The van der Waals surface area contributed by atoms with Crippen LogP contribution in [-0.4, -0.2) is 68.5 Å². The average Bonchev–Trinajstić information content (AvgIpc) is 3.24. The van der Waals surface area contributed by atoms with E-state index in [2.05, 4.69) is 0 Å². The minimum absolute atomic E-state index is 0.0603. The van der Waals surface area contributed by atoms with Crippen molar-refractivity contribution in [3.63, 3.8) is 0 Å². The van der Waals surface area contributed by atoms with Gasteiger partial charge in [0.05, 0.1) is 34.5 Å². The van der Waals surface area contributed by atoms with Gasteiger partial charge in [0.1, 0.15) is 6.54 Å². The van der Waals surface area contributed by atoms with Gasteiger partial charge in [-0.25, -0.2) is 13.2 Å². The molecule has 0 bridgehead atoms. The third kappa shape index (κ3) is 6.32. The number of hydrogen-bond acceptors (Lipinski definition) is 6. The number of carboxylic acid groups (broad SMARTS) is 1. The zero-order chi connectivity index (χ0) is 22.1. The van der Waals surface area contributed by atoms with Crippen LogP contribution in [0.25, 0.3) is 0 Å². The quantitative estimate of drug-likeness (QED) is 0.659. The molecule has 2 amide bonds. The van der Waals surface area contributed by atoms with Gasteiger partial charge in [0.25, 0.3) is 0 Å². The zero-order valence-corrected chi connectivity index (χ0v) is 17.9. The molecule has 1 aliphatic heterocycles. The maximum Gasteiger partial charge on any atom is 0.405 e. The Hall–Kier alpha value is -2.35. The summed E-state index contributed by atoms with van der Waals surface area (Å²) in [5.74, 6) is -0.152. The number of nitriles is 1. The highest BCUT2D eigenvalue weighted by Crippen LogP contribution is 2.36. The van der Waals surface area contributed by atoms with Crippen molar-refractivity contribution < 1.29 is 27.9 Å². The van der Waals surface area contributed by atoms with Crippen molar-refractivity contribution in [2.45, 2.75) is 29.4 Å². The lowest BCUT2D eigenvalue weighted by atomic mass is 10.1. The molecule has 1 heterocycles. The predicted octanol–water partition coefficient (Wildman–Crippen LogP) is 1.92. The normalized spacial score (nSPS) is 21.1. The van der Waals surface area contributed by atoms with Gasteiger partial charge in [0.15, 0.2) is 9.84 Å². The fourth-order valence-corrected chi connectivity index (χ4v) is 5.82. The first kappa shape index (κ1) is 23.9. The number of halogens is 1. The van der Waals surface area contributed by atoms with Crippen LogP contribution in [0, 0.1) is 17.2 Å². The van der Waals surface area contributed by atoms with Crippen molar-refractivity contribution >= 4 is 33.4 Å². The Labute approximate surface area is 180 Å². The van der Waals surface area contributed by atoms with Gasteiger partial charge < -0.3 is 20.1 Å². The van der Waals surface area contributed by atoms with E-state index in [1.807, 2.05) is 5.32 Å². The number of nitrogens with one attached hydrogen (secondary N) is 1. The van der Waals surface area contributed by atoms with Gasteiger partial charge in [-0.05, 0) is 31.4 Å². The summed E-state index contributed by atoms with van der Waals surface area (Å²) in [7, 11) is -3.49. The molecular formula is C19H24ClN3O6S. The molecule has 1 aliphatic carbocycles. The summed E-state index contributed by atoms with van der Waals surface area (Å²) in [6, 6.07) is 8.11. The molecule has 164 valence electrons. The number of benzene rings is 1. The van der Waals surface area contributed by atoms with Crippen molar-refractivity contribution in [3.8, 4) is 6.07 Å². The molecule has 9 nitrogen and oxygen atoms in total. The number of carbonyl (C=O) groups is 2. The Kier molecular flexibility index (Phi) is 8.89. The van der Waals surface area contributed by atoms with Crippen molar-refractivity contribution in [1.82, 2.24) is 10.2 Å². The van der Waals surface area contributed by atoms with E-state index >= 15 is 0 Å². The second kappa shape index (κ2) is 11.2. The molecule has 1 saturated carbocycles. The van der Waals surface area contributed by atoms with Crippen LogP contribution in [0.4, 0.5) is 4.79 Å². The minimum atomic E-state index is -3.49. The van der Waals surface area contributed by atoms with Crippen LogP contribution in [-0.2, 0) is 19.4 Å². The fraction of sp³-hybridized carbons (Fsp3) is 0.526. The highest BCUT2D eigenvalue weighted by Gasteiger charge is 2.40. The monoisotopic (exact) mass is 457 g/mol. The maximum absolute atomic E-state index is 12.8. The lowest BCUT2D eigenvalue weighted by Gasteiger charge is -2.29. The molecule has 1 aromatic carbocycles. The molecule has 0 spiro atoms. The fourth-order valence-electron chi connectivity index (χ4n) is 3.46. The third-order valence-electron chi connectivity index (χ3n) is 4.96. The second-order valence-corrected chi connectivity index (χ2v) is 9.47. The Morgan fingerprint density at radius 1 is 1.27 bits per heavy atom. The molecule has 1 saturated heterocycles. The van der Waals surface area contributed by atoms with Gasteiger partial charge >= 0.3 is 6.09 Å². The molecule has 2 aliphatic rings. The summed E-state index contributed by atoms with van der Waals surface area (Å²) in [5.41, 5.74) is 0. The van der Waals surface area contributed by atoms with Gasteiger partial charge in [-0.2, -0.15) is 5.26 Å². The van der Waals surface area contributed by atoms with E-state index in [0.717, 1.165) is 0 Å². The number of hydrogen-bond donors (Lipinski definition) is 2. The number of carbonyl (C=O) groups excluding carboxylic acids is 1. The van der Waals surface area contributed by atoms with Crippen LogP contribution in [0.15, 0.2) is 29.2 Å². The number of sulfone groups is 1. The van der Waals surface area contributed by atoms with Crippen LogP contribution in [0.3, 0.4) is 0 Å². The highest BCUT2D eigenvalue weighted by atomic mass is 35.5. The summed E-state index contributed by atoms with van der Waals surface area (Å²) in [6.45, 7) is 2.16. The predicted molar refractivity (Wildman–Crippen MR) is 109 cm³/mol. The zero-order valence-electron chi connectivity index (χ0n) is 16.3. The average molecular weight is 458 g/mol. The Bertz CT molecular complexity index is 896. The molecule has 30 heavy (non-hydrogen) atoms. The topological polar surface area (TPSA) is 137 Å². The lowest BCUT2D eigenvalue weighted by Crippen LogP contribution is -2.43. The summed E-state index contributed by atoms with van der Waals surface area (Å²) in [5, 5.41) is 17.1. The molecule has 1 aromatic rings. The Morgan fingerprint density at radius 3 is 2.50 bits per heavy atom. The lowest BCUT2D eigenvalue weighted by molar-refractivity contribution is -0.139. The van der Waals surface area contributed by atoms with E-state index in [1.165, 1.54) is 6.07 Å². The van der Waals surface area contributed by atoms with Crippen molar-refractivity contribution in [2.75, 3.05) is 32.8 Å². The van der Waals surface area contributed by atoms with Gasteiger partial charge in [0, 0.05) is 19.0 Å². The number of amides is 2. The first-order valence-corrected chi connectivity index (χ1v) is 11.4. The maximum atomic E-state index is 12.8. The first-order valence-electron chi connectivity index (χ1n) is 9.46. The van der Waals surface area contributed by atoms with Crippen LogP contribution in [0.2, 0.25) is 5.02 Å². The van der Waals surface area contributed by atoms with E-state index in [4.69, 9.17) is 26.7 Å². The van der Waals surface area contributed by atoms with E-state index in [0.29, 0.717) is 45.6 Å². The minimum Gasteiger partial charge on any atom is -0.465 e. The van der Waals surface area contributed by atoms with Gasteiger partial charge in [-0.3, -0.25) is 4.79 Å². The largest absolute Gasteiger partial charge is 0.465 e. The van der Waals surface area contributed by atoms with E-state index in [9.17, 15) is 18.0 Å². The number of ether oxygens (including phenoxy) is 1. The third-order valence-corrected chi connectivity index (χ3v) is 7.67. The molecule has 0 aromatic heterocycles. The van der Waals surface area contributed by atoms with Crippen LogP contribution < -0.4 is 5.32 Å². The van der Waals surface area contributed by atoms with Gasteiger partial charge in [-0.1, -0.05) is 23.7 Å². The molecule has 0 unspecified atom stereocenters. The second-order valence-electron chi connectivity index (χ2n) is 6.86. The molecule has 2 fully saturated rings. The summed E-state index contributed by atoms with van der Waals surface area (Å²) < 4.78 is 30.8. The van der Waals surface area contributed by atoms with Crippen molar-refractivity contribution in [3.05, 3.63) is 29.3 Å². The molecule has 3 rings (SSSR count). The number of morpholine rings is 1. The molecular weight excluding hydrogens is 434 g/mol. The molecule has 2 N–H and O–H groups in total. The first-order chi connectivity index (χ1) is 14.3.